The summed E-state index contributed by atoms with van der Waals surface area (Å²) < 4.78 is 6.57. The smallest absolute Gasteiger partial charge is 0.0641 e. The molecule has 0 bridgehead atoms. The molecule has 0 spiro atoms. The van der Waals surface area contributed by atoms with Gasteiger partial charge in [-0.15, -0.1) is 0 Å². The third-order valence-corrected chi connectivity index (χ3v) is 3.46. The zero-order chi connectivity index (χ0) is 13.4. The van der Waals surface area contributed by atoms with Crippen LogP contribution in [0.15, 0.2) is 22.7 Å². The van der Waals surface area contributed by atoms with E-state index < -0.39 is 0 Å². The Morgan fingerprint density at radius 3 is 2.67 bits per heavy atom. The lowest BCUT2D eigenvalue weighted by atomic mass is 10.2. The Labute approximate surface area is 119 Å². The van der Waals surface area contributed by atoms with Crippen LogP contribution < -0.4 is 10.2 Å². The van der Waals surface area contributed by atoms with Crippen molar-refractivity contribution in [3.63, 3.8) is 0 Å². The Balaban J connectivity index is 2.73. The van der Waals surface area contributed by atoms with Crippen molar-refractivity contribution in [3.05, 3.63) is 28.2 Å². The highest BCUT2D eigenvalue weighted by molar-refractivity contribution is 9.10. The summed E-state index contributed by atoms with van der Waals surface area (Å²) in [5.74, 6) is 0. The molecular formula is C14H23BrN2O. The van der Waals surface area contributed by atoms with Crippen molar-refractivity contribution in [2.45, 2.75) is 20.4 Å². The quantitative estimate of drug-likeness (QED) is 0.746. The van der Waals surface area contributed by atoms with Crippen molar-refractivity contribution in [2.24, 2.45) is 0 Å². The van der Waals surface area contributed by atoms with E-state index in [1.807, 2.05) is 14.0 Å². The lowest BCUT2D eigenvalue weighted by Crippen LogP contribution is -2.27. The minimum atomic E-state index is 0.773. The number of anilines is 1. The predicted molar refractivity (Wildman–Crippen MR) is 81.3 cm³/mol. The maximum atomic E-state index is 5.42. The number of hydrogen-bond donors (Lipinski definition) is 1. The van der Waals surface area contributed by atoms with Crippen LogP contribution in [0, 0.1) is 0 Å². The molecule has 1 rings (SSSR count). The molecule has 0 aromatic heterocycles. The first-order valence-electron chi connectivity index (χ1n) is 6.48. The van der Waals surface area contributed by atoms with Crippen LogP contribution in [-0.4, -0.2) is 33.4 Å². The van der Waals surface area contributed by atoms with Crippen molar-refractivity contribution in [1.82, 2.24) is 5.32 Å². The molecule has 0 unspecified atom stereocenters. The third-order valence-electron chi connectivity index (χ3n) is 2.83. The molecule has 18 heavy (non-hydrogen) atoms. The molecule has 0 saturated carbocycles. The zero-order valence-electron chi connectivity index (χ0n) is 11.5. The Kier molecular flexibility index (Phi) is 7.32. The number of rotatable bonds is 8. The van der Waals surface area contributed by atoms with E-state index in [4.69, 9.17) is 4.74 Å². The summed E-state index contributed by atoms with van der Waals surface area (Å²) in [7, 11) is 1.96. The molecule has 1 aromatic carbocycles. The number of benzene rings is 1. The normalized spacial score (nSPS) is 10.7. The summed E-state index contributed by atoms with van der Waals surface area (Å²) in [6.07, 6.45) is 0. The fraction of sp³-hybridized carbons (Fsp3) is 0.571. The van der Waals surface area contributed by atoms with Gasteiger partial charge in [0.25, 0.3) is 0 Å². The number of halogens is 1. The molecule has 0 heterocycles. The van der Waals surface area contributed by atoms with Gasteiger partial charge in [0.2, 0.25) is 0 Å². The highest BCUT2D eigenvalue weighted by Crippen LogP contribution is 2.27. The van der Waals surface area contributed by atoms with Crippen molar-refractivity contribution < 1.29 is 4.74 Å². The Hall–Kier alpha value is -0.580. The van der Waals surface area contributed by atoms with E-state index in [1.54, 1.807) is 0 Å². The van der Waals surface area contributed by atoms with Crippen LogP contribution in [0.3, 0.4) is 0 Å². The molecule has 0 fully saturated rings. The van der Waals surface area contributed by atoms with Crippen molar-refractivity contribution in [1.29, 1.82) is 0 Å². The third kappa shape index (κ3) is 4.59. The van der Waals surface area contributed by atoms with Crippen LogP contribution in [0.25, 0.3) is 0 Å². The number of nitrogens with one attached hydrogen (secondary N) is 1. The van der Waals surface area contributed by atoms with Crippen molar-refractivity contribution in [2.75, 3.05) is 38.3 Å². The van der Waals surface area contributed by atoms with Crippen LogP contribution in [0.1, 0.15) is 19.4 Å². The second-order valence-electron chi connectivity index (χ2n) is 4.09. The molecule has 0 saturated heterocycles. The van der Waals surface area contributed by atoms with Gasteiger partial charge >= 0.3 is 0 Å². The molecule has 0 atom stereocenters. The Morgan fingerprint density at radius 2 is 2.11 bits per heavy atom. The second-order valence-corrected chi connectivity index (χ2v) is 4.95. The first-order chi connectivity index (χ1) is 8.72. The number of nitrogens with zero attached hydrogens (tertiary/aromatic N) is 1. The van der Waals surface area contributed by atoms with Gasteiger partial charge in [-0.25, -0.2) is 0 Å². The number of likely N-dealkylation sites (N-methyl/N-ethyl adjacent to an activating group) is 1. The fourth-order valence-electron chi connectivity index (χ4n) is 1.89. The van der Waals surface area contributed by atoms with E-state index in [2.05, 4.69) is 51.3 Å². The summed E-state index contributed by atoms with van der Waals surface area (Å²) in [6.45, 7) is 8.54. The molecule has 0 radical (unpaired) electrons. The second kappa shape index (κ2) is 8.51. The van der Waals surface area contributed by atoms with Crippen LogP contribution in [0.5, 0.6) is 0 Å². The molecule has 0 aliphatic rings. The predicted octanol–water partition coefficient (Wildman–Crippen LogP) is 3.03. The Morgan fingerprint density at radius 1 is 1.33 bits per heavy atom. The summed E-state index contributed by atoms with van der Waals surface area (Å²) >= 11 is 3.66. The molecule has 1 aromatic rings. The standard InChI is InChI=1S/C14H23BrN2O/c1-4-17(8-9-18-5-2)14-7-6-12(11-16-3)10-13(14)15/h6-7,10,16H,4-5,8-9,11H2,1-3H3. The Bertz CT molecular complexity index is 358. The monoisotopic (exact) mass is 314 g/mol. The van der Waals surface area contributed by atoms with E-state index >= 15 is 0 Å². The summed E-state index contributed by atoms with van der Waals surface area (Å²) in [5.41, 5.74) is 2.52. The van der Waals surface area contributed by atoms with Gasteiger partial charge in [0, 0.05) is 30.7 Å². The van der Waals surface area contributed by atoms with Gasteiger partial charge in [-0.3, -0.25) is 0 Å². The van der Waals surface area contributed by atoms with E-state index in [-0.39, 0.29) is 0 Å². The minimum Gasteiger partial charge on any atom is -0.380 e. The van der Waals surface area contributed by atoms with Crippen LogP contribution in [-0.2, 0) is 11.3 Å². The van der Waals surface area contributed by atoms with E-state index in [1.165, 1.54) is 11.3 Å². The molecule has 1 N–H and O–H groups in total. The number of hydrogen-bond acceptors (Lipinski definition) is 3. The van der Waals surface area contributed by atoms with E-state index in [0.717, 1.165) is 37.3 Å². The largest absolute Gasteiger partial charge is 0.380 e. The summed E-state index contributed by atoms with van der Waals surface area (Å²) in [5, 5.41) is 3.16. The van der Waals surface area contributed by atoms with Crippen LogP contribution >= 0.6 is 15.9 Å². The minimum absolute atomic E-state index is 0.773. The molecule has 0 aliphatic carbocycles. The van der Waals surface area contributed by atoms with Gasteiger partial charge in [0.15, 0.2) is 0 Å². The average Bonchev–Trinajstić information content (AvgIpc) is 2.36. The molecule has 4 heteroatoms. The first kappa shape index (κ1) is 15.5. The molecule has 0 aliphatic heterocycles. The topological polar surface area (TPSA) is 24.5 Å². The van der Waals surface area contributed by atoms with E-state index in [9.17, 15) is 0 Å². The SMILES string of the molecule is CCOCCN(CC)c1ccc(CNC)cc1Br. The van der Waals surface area contributed by atoms with Gasteiger partial charge < -0.3 is 15.0 Å². The summed E-state index contributed by atoms with van der Waals surface area (Å²) in [6, 6.07) is 6.52. The first-order valence-corrected chi connectivity index (χ1v) is 7.27. The van der Waals surface area contributed by atoms with Gasteiger partial charge in [-0.2, -0.15) is 0 Å². The molecule has 0 amide bonds. The lowest BCUT2D eigenvalue weighted by molar-refractivity contribution is 0.154. The van der Waals surface area contributed by atoms with Crippen molar-refractivity contribution >= 4 is 21.6 Å². The van der Waals surface area contributed by atoms with Gasteiger partial charge in [0.05, 0.1) is 12.3 Å². The highest BCUT2D eigenvalue weighted by Gasteiger charge is 2.08. The lowest BCUT2D eigenvalue weighted by Gasteiger charge is -2.24. The maximum absolute atomic E-state index is 5.42. The average molecular weight is 315 g/mol. The molecular weight excluding hydrogens is 292 g/mol. The van der Waals surface area contributed by atoms with E-state index in [0.29, 0.717) is 0 Å². The summed E-state index contributed by atoms with van der Waals surface area (Å²) in [4.78, 5) is 2.32. The van der Waals surface area contributed by atoms with Crippen LogP contribution in [0.4, 0.5) is 5.69 Å². The van der Waals surface area contributed by atoms with Gasteiger partial charge in [0.1, 0.15) is 0 Å². The van der Waals surface area contributed by atoms with Crippen LogP contribution in [0.2, 0.25) is 0 Å². The van der Waals surface area contributed by atoms with Gasteiger partial charge in [-0.05, 0) is 54.5 Å². The fourth-order valence-corrected chi connectivity index (χ4v) is 2.57. The number of ether oxygens (including phenoxy) is 1. The maximum Gasteiger partial charge on any atom is 0.0641 e. The molecule has 3 nitrogen and oxygen atoms in total. The molecule has 102 valence electrons. The van der Waals surface area contributed by atoms with Crippen molar-refractivity contribution in [3.8, 4) is 0 Å². The van der Waals surface area contributed by atoms with Gasteiger partial charge in [-0.1, -0.05) is 6.07 Å². The zero-order valence-corrected chi connectivity index (χ0v) is 13.1. The highest BCUT2D eigenvalue weighted by atomic mass is 79.9.